The number of hydrogen-bond donors (Lipinski definition) is 2. The van der Waals surface area contributed by atoms with Gasteiger partial charge in [0.1, 0.15) is 5.75 Å². The number of unbranched alkanes of at least 4 members (excludes halogenated alkanes) is 2. The summed E-state index contributed by atoms with van der Waals surface area (Å²) in [6.45, 7) is 1.33. The predicted molar refractivity (Wildman–Crippen MR) is 89.4 cm³/mol. The smallest absolute Gasteiger partial charge is 0.305 e. The first-order valence-corrected chi connectivity index (χ1v) is 8.05. The maximum Gasteiger partial charge on any atom is 0.305 e. The van der Waals surface area contributed by atoms with Crippen molar-refractivity contribution in [1.82, 2.24) is 5.32 Å². The van der Waals surface area contributed by atoms with Crippen LogP contribution in [-0.2, 0) is 9.53 Å². The van der Waals surface area contributed by atoms with Gasteiger partial charge in [0.15, 0.2) is 5.96 Å². The number of benzene rings is 1. The molecular formula is C17H25N3O3. The quantitative estimate of drug-likeness (QED) is 0.348. The minimum absolute atomic E-state index is 0.142. The number of fused-ring (bicyclic) bond motifs is 1. The number of methoxy groups -OCH3 is 1. The molecule has 23 heavy (non-hydrogen) atoms. The maximum atomic E-state index is 11.0. The standard InChI is InChI=1S/C17H25N3O3/c1-22-16(21)9-3-2-6-11-19-17(18)20-14-10-12-23-15-8-5-4-7-13(14)15/h4-5,7-8,14H,2-3,6,9-12H2,1H3,(H3,18,19,20). The Balaban J connectivity index is 1.72. The number of hydrogen-bond acceptors (Lipinski definition) is 4. The van der Waals surface area contributed by atoms with E-state index in [0.29, 0.717) is 25.5 Å². The van der Waals surface area contributed by atoms with E-state index in [0.717, 1.165) is 37.0 Å². The molecule has 0 aromatic heterocycles. The lowest BCUT2D eigenvalue weighted by molar-refractivity contribution is -0.140. The number of guanidine groups is 1. The average molecular weight is 319 g/mol. The molecule has 1 aliphatic heterocycles. The summed E-state index contributed by atoms with van der Waals surface area (Å²) in [6, 6.07) is 8.12. The van der Waals surface area contributed by atoms with Crippen LogP contribution in [0.2, 0.25) is 0 Å². The average Bonchev–Trinajstić information content (AvgIpc) is 2.58. The lowest BCUT2D eigenvalue weighted by atomic mass is 10.0. The summed E-state index contributed by atoms with van der Waals surface area (Å²) in [5.74, 6) is 1.21. The first-order chi connectivity index (χ1) is 11.2. The molecule has 1 heterocycles. The van der Waals surface area contributed by atoms with Gasteiger partial charge in [-0.15, -0.1) is 0 Å². The van der Waals surface area contributed by atoms with Gasteiger partial charge in [0, 0.05) is 24.9 Å². The Morgan fingerprint density at radius 3 is 3.04 bits per heavy atom. The van der Waals surface area contributed by atoms with Gasteiger partial charge in [-0.05, 0) is 18.9 Å². The lowest BCUT2D eigenvalue weighted by Gasteiger charge is -2.26. The summed E-state index contributed by atoms with van der Waals surface area (Å²) < 4.78 is 10.2. The van der Waals surface area contributed by atoms with Crippen LogP contribution in [0.5, 0.6) is 5.75 Å². The molecule has 2 rings (SSSR count). The highest BCUT2D eigenvalue weighted by atomic mass is 16.5. The van der Waals surface area contributed by atoms with Crippen LogP contribution in [-0.4, -0.2) is 32.2 Å². The predicted octanol–water partition coefficient (Wildman–Crippen LogP) is 2.15. The normalized spacial score (nSPS) is 17.1. The second-order valence-corrected chi connectivity index (χ2v) is 5.53. The molecule has 0 saturated heterocycles. The minimum atomic E-state index is -0.159. The second kappa shape index (κ2) is 9.02. The van der Waals surface area contributed by atoms with Crippen LogP contribution in [0.15, 0.2) is 29.3 Å². The number of rotatable bonds is 7. The van der Waals surface area contributed by atoms with Gasteiger partial charge in [-0.2, -0.15) is 0 Å². The second-order valence-electron chi connectivity index (χ2n) is 5.53. The third-order valence-corrected chi connectivity index (χ3v) is 3.83. The highest BCUT2D eigenvalue weighted by molar-refractivity contribution is 5.78. The van der Waals surface area contributed by atoms with Gasteiger partial charge in [-0.25, -0.2) is 0 Å². The molecule has 1 aromatic carbocycles. The number of nitrogens with one attached hydrogen (secondary N) is 1. The van der Waals surface area contributed by atoms with E-state index in [1.807, 2.05) is 24.3 Å². The lowest BCUT2D eigenvalue weighted by Crippen LogP contribution is -2.37. The van der Waals surface area contributed by atoms with E-state index >= 15 is 0 Å². The Hall–Kier alpha value is -2.24. The van der Waals surface area contributed by atoms with E-state index in [4.69, 9.17) is 10.5 Å². The van der Waals surface area contributed by atoms with Crippen molar-refractivity contribution in [3.8, 4) is 5.75 Å². The van der Waals surface area contributed by atoms with Crippen molar-refractivity contribution in [3.63, 3.8) is 0 Å². The Labute approximate surface area is 137 Å². The SMILES string of the molecule is COC(=O)CCCCCN=C(N)NC1CCOc2ccccc21. The van der Waals surface area contributed by atoms with Crippen molar-refractivity contribution in [3.05, 3.63) is 29.8 Å². The number of carbonyl (C=O) groups is 1. The zero-order valence-corrected chi connectivity index (χ0v) is 13.6. The minimum Gasteiger partial charge on any atom is -0.493 e. The Kier molecular flexibility index (Phi) is 6.72. The zero-order chi connectivity index (χ0) is 16.5. The van der Waals surface area contributed by atoms with Crippen LogP contribution >= 0.6 is 0 Å². The van der Waals surface area contributed by atoms with Crippen LogP contribution < -0.4 is 15.8 Å². The van der Waals surface area contributed by atoms with Crippen LogP contribution in [0.1, 0.15) is 43.7 Å². The number of ether oxygens (including phenoxy) is 2. The Morgan fingerprint density at radius 1 is 1.39 bits per heavy atom. The molecule has 0 radical (unpaired) electrons. The summed E-state index contributed by atoms with van der Waals surface area (Å²) in [4.78, 5) is 15.3. The number of nitrogens with zero attached hydrogens (tertiary/aromatic N) is 1. The molecule has 3 N–H and O–H groups in total. The van der Waals surface area contributed by atoms with Crippen molar-refractivity contribution in [2.45, 2.75) is 38.1 Å². The molecule has 1 unspecified atom stereocenters. The van der Waals surface area contributed by atoms with Gasteiger partial charge in [-0.3, -0.25) is 9.79 Å². The fraction of sp³-hybridized carbons (Fsp3) is 0.529. The molecule has 1 atom stereocenters. The molecule has 0 fully saturated rings. The summed E-state index contributed by atoms with van der Waals surface area (Å²) in [7, 11) is 1.41. The zero-order valence-electron chi connectivity index (χ0n) is 13.6. The van der Waals surface area contributed by atoms with Crippen molar-refractivity contribution in [2.75, 3.05) is 20.3 Å². The summed E-state index contributed by atoms with van der Waals surface area (Å²) in [6.07, 6.45) is 4.00. The summed E-state index contributed by atoms with van der Waals surface area (Å²) in [5.41, 5.74) is 7.09. The number of para-hydroxylation sites is 1. The van der Waals surface area contributed by atoms with Crippen molar-refractivity contribution < 1.29 is 14.3 Å². The first-order valence-electron chi connectivity index (χ1n) is 8.05. The molecule has 126 valence electrons. The largest absolute Gasteiger partial charge is 0.493 e. The number of nitrogens with two attached hydrogens (primary N) is 1. The number of carbonyl (C=O) groups excluding carboxylic acids is 1. The highest BCUT2D eigenvalue weighted by Gasteiger charge is 2.20. The van der Waals surface area contributed by atoms with Crippen LogP contribution in [0.25, 0.3) is 0 Å². The Bertz CT molecular complexity index is 546. The van der Waals surface area contributed by atoms with Crippen LogP contribution in [0, 0.1) is 0 Å². The van der Waals surface area contributed by atoms with Gasteiger partial charge < -0.3 is 20.5 Å². The molecular weight excluding hydrogens is 294 g/mol. The van der Waals surface area contributed by atoms with E-state index in [1.165, 1.54) is 7.11 Å². The molecule has 0 saturated carbocycles. The molecule has 0 spiro atoms. The summed E-state index contributed by atoms with van der Waals surface area (Å²) in [5, 5.41) is 3.27. The van der Waals surface area contributed by atoms with E-state index in [9.17, 15) is 4.79 Å². The topological polar surface area (TPSA) is 85.9 Å². The third-order valence-electron chi connectivity index (χ3n) is 3.83. The van der Waals surface area contributed by atoms with Crippen molar-refractivity contribution in [1.29, 1.82) is 0 Å². The van der Waals surface area contributed by atoms with Gasteiger partial charge in [0.25, 0.3) is 0 Å². The van der Waals surface area contributed by atoms with Crippen molar-refractivity contribution in [2.24, 2.45) is 10.7 Å². The fourth-order valence-corrected chi connectivity index (χ4v) is 2.58. The molecule has 0 amide bonds. The molecule has 6 heteroatoms. The maximum absolute atomic E-state index is 11.0. The molecule has 0 bridgehead atoms. The van der Waals surface area contributed by atoms with Gasteiger partial charge >= 0.3 is 5.97 Å². The molecule has 1 aromatic rings. The van der Waals surface area contributed by atoms with Gasteiger partial charge in [-0.1, -0.05) is 24.6 Å². The van der Waals surface area contributed by atoms with Crippen LogP contribution in [0.4, 0.5) is 0 Å². The molecule has 1 aliphatic rings. The monoisotopic (exact) mass is 319 g/mol. The van der Waals surface area contributed by atoms with E-state index in [2.05, 4.69) is 15.0 Å². The van der Waals surface area contributed by atoms with Crippen LogP contribution in [0.3, 0.4) is 0 Å². The third kappa shape index (κ3) is 5.47. The Morgan fingerprint density at radius 2 is 2.22 bits per heavy atom. The van der Waals surface area contributed by atoms with Gasteiger partial charge in [0.05, 0.1) is 19.8 Å². The number of aliphatic imine (C=N–C) groups is 1. The number of esters is 1. The van der Waals surface area contributed by atoms with Gasteiger partial charge in [0.2, 0.25) is 0 Å². The summed E-state index contributed by atoms with van der Waals surface area (Å²) >= 11 is 0. The molecule has 6 nitrogen and oxygen atoms in total. The fourth-order valence-electron chi connectivity index (χ4n) is 2.58. The van der Waals surface area contributed by atoms with E-state index in [-0.39, 0.29) is 12.0 Å². The highest BCUT2D eigenvalue weighted by Crippen LogP contribution is 2.31. The van der Waals surface area contributed by atoms with Crippen molar-refractivity contribution >= 4 is 11.9 Å². The molecule has 0 aliphatic carbocycles. The van der Waals surface area contributed by atoms with E-state index < -0.39 is 0 Å². The first kappa shape index (κ1) is 17.1. The van der Waals surface area contributed by atoms with E-state index in [1.54, 1.807) is 0 Å².